The van der Waals surface area contributed by atoms with Crippen molar-refractivity contribution in [2.24, 2.45) is 11.8 Å². The molecule has 1 aromatic heterocycles. The van der Waals surface area contributed by atoms with E-state index in [-0.39, 0.29) is 18.1 Å². The first-order valence-corrected chi connectivity index (χ1v) is 9.20. The van der Waals surface area contributed by atoms with Crippen LogP contribution in [0.25, 0.3) is 0 Å². The van der Waals surface area contributed by atoms with E-state index in [1.165, 1.54) is 12.8 Å². The van der Waals surface area contributed by atoms with Crippen LogP contribution in [0, 0.1) is 11.8 Å². The third-order valence-corrected chi connectivity index (χ3v) is 5.80. The third-order valence-electron chi connectivity index (χ3n) is 5.03. The van der Waals surface area contributed by atoms with E-state index in [0.717, 1.165) is 49.9 Å². The molecule has 1 aliphatic carbocycles. The van der Waals surface area contributed by atoms with E-state index in [0.29, 0.717) is 5.92 Å². The molecule has 4 rings (SSSR count). The molecule has 6 heteroatoms. The maximum atomic E-state index is 12.2. The molecule has 3 aliphatic rings. The maximum Gasteiger partial charge on any atom is 0.249 e. The van der Waals surface area contributed by atoms with Gasteiger partial charge in [-0.2, -0.15) is 0 Å². The first-order valence-electron chi connectivity index (χ1n) is 8.32. The number of carbonyl (C=O) groups is 1. The number of piperidine rings is 1. The molecular formula is C16H23N3O2S. The lowest BCUT2D eigenvalue weighted by Gasteiger charge is -2.33. The van der Waals surface area contributed by atoms with E-state index in [2.05, 4.69) is 15.2 Å². The van der Waals surface area contributed by atoms with Crippen LogP contribution >= 0.6 is 11.3 Å². The van der Waals surface area contributed by atoms with E-state index >= 15 is 0 Å². The molecular weight excluding hydrogens is 298 g/mol. The quantitative estimate of drug-likeness (QED) is 0.896. The summed E-state index contributed by atoms with van der Waals surface area (Å²) >= 11 is 1.70. The second-order valence-corrected chi connectivity index (χ2v) is 7.78. The Morgan fingerprint density at radius 3 is 3.14 bits per heavy atom. The van der Waals surface area contributed by atoms with Gasteiger partial charge in [0.05, 0.1) is 12.6 Å². The number of fused-ring (bicyclic) bond motifs is 1. The van der Waals surface area contributed by atoms with Crippen LogP contribution in [0.2, 0.25) is 0 Å². The summed E-state index contributed by atoms with van der Waals surface area (Å²) in [5.41, 5.74) is 0. The second-order valence-electron chi connectivity index (χ2n) is 6.80. The monoisotopic (exact) mass is 321 g/mol. The SMILES string of the molecule is O=C(NCC1CC1)[C@H]1C[C@@H]2CCN(Cc3nccs3)C[C@@H]2O1. The van der Waals surface area contributed by atoms with Crippen LogP contribution in [0.1, 0.15) is 30.7 Å². The van der Waals surface area contributed by atoms with E-state index in [4.69, 9.17) is 4.74 Å². The van der Waals surface area contributed by atoms with Crippen LogP contribution in [0.5, 0.6) is 0 Å². The average Bonchev–Trinajstić information content (AvgIpc) is 3.03. The molecule has 2 aliphatic heterocycles. The Balaban J connectivity index is 1.28. The summed E-state index contributed by atoms with van der Waals surface area (Å²) < 4.78 is 6.06. The molecule has 3 fully saturated rings. The smallest absolute Gasteiger partial charge is 0.249 e. The largest absolute Gasteiger partial charge is 0.364 e. The van der Waals surface area contributed by atoms with Crippen LogP contribution < -0.4 is 5.32 Å². The summed E-state index contributed by atoms with van der Waals surface area (Å²) in [6.45, 7) is 3.75. The number of aromatic nitrogens is 1. The van der Waals surface area contributed by atoms with Gasteiger partial charge in [0.25, 0.3) is 0 Å². The lowest BCUT2D eigenvalue weighted by Crippen LogP contribution is -2.42. The van der Waals surface area contributed by atoms with E-state index < -0.39 is 0 Å². The summed E-state index contributed by atoms with van der Waals surface area (Å²) in [7, 11) is 0. The molecule has 0 radical (unpaired) electrons. The van der Waals surface area contributed by atoms with Gasteiger partial charge in [0.15, 0.2) is 0 Å². The van der Waals surface area contributed by atoms with Gasteiger partial charge in [0, 0.05) is 24.7 Å². The number of ether oxygens (including phenoxy) is 1. The second kappa shape index (κ2) is 6.26. The van der Waals surface area contributed by atoms with Gasteiger partial charge in [-0.15, -0.1) is 11.3 Å². The minimum absolute atomic E-state index is 0.104. The zero-order valence-electron chi connectivity index (χ0n) is 12.7. The van der Waals surface area contributed by atoms with Gasteiger partial charge in [0.2, 0.25) is 5.91 Å². The minimum Gasteiger partial charge on any atom is -0.364 e. The molecule has 22 heavy (non-hydrogen) atoms. The van der Waals surface area contributed by atoms with Crippen LogP contribution in [-0.4, -0.2) is 47.6 Å². The van der Waals surface area contributed by atoms with Crippen LogP contribution in [0.15, 0.2) is 11.6 Å². The lowest BCUT2D eigenvalue weighted by molar-refractivity contribution is -0.132. The highest BCUT2D eigenvalue weighted by Gasteiger charge is 2.42. The number of amides is 1. The third kappa shape index (κ3) is 3.34. The van der Waals surface area contributed by atoms with Crippen molar-refractivity contribution in [3.05, 3.63) is 16.6 Å². The first-order chi connectivity index (χ1) is 10.8. The highest BCUT2D eigenvalue weighted by atomic mass is 32.1. The molecule has 3 atom stereocenters. The van der Waals surface area contributed by atoms with Crippen molar-refractivity contribution in [3.8, 4) is 0 Å². The van der Waals surface area contributed by atoms with Crippen molar-refractivity contribution in [2.45, 2.75) is 44.4 Å². The fourth-order valence-corrected chi connectivity index (χ4v) is 4.17. The molecule has 0 unspecified atom stereocenters. The van der Waals surface area contributed by atoms with Crippen molar-refractivity contribution in [2.75, 3.05) is 19.6 Å². The molecule has 1 N–H and O–H groups in total. The standard InChI is InChI=1S/C16H23N3O2S/c20-16(18-8-11-1-2-11)13-7-12-3-5-19(9-14(12)21-13)10-15-17-4-6-22-15/h4,6,11-14H,1-3,5,7-10H2,(H,18,20)/t12-,13+,14-/m0/s1. The molecule has 0 bridgehead atoms. The Labute approximate surface area is 135 Å². The first kappa shape index (κ1) is 14.6. The zero-order chi connectivity index (χ0) is 14.9. The lowest BCUT2D eigenvalue weighted by atomic mass is 9.91. The topological polar surface area (TPSA) is 54.5 Å². The van der Waals surface area contributed by atoms with Crippen LogP contribution in [-0.2, 0) is 16.1 Å². The van der Waals surface area contributed by atoms with Gasteiger partial charge >= 0.3 is 0 Å². The van der Waals surface area contributed by atoms with Crippen LogP contribution in [0.4, 0.5) is 0 Å². The fraction of sp³-hybridized carbons (Fsp3) is 0.750. The Morgan fingerprint density at radius 1 is 1.45 bits per heavy atom. The van der Waals surface area contributed by atoms with Gasteiger partial charge in [-0.1, -0.05) is 0 Å². The van der Waals surface area contributed by atoms with E-state index in [1.54, 1.807) is 11.3 Å². The number of hydrogen-bond donors (Lipinski definition) is 1. The molecule has 5 nitrogen and oxygen atoms in total. The van der Waals surface area contributed by atoms with Gasteiger partial charge in [-0.05, 0) is 44.1 Å². The summed E-state index contributed by atoms with van der Waals surface area (Å²) in [5.74, 6) is 1.37. The van der Waals surface area contributed by atoms with Crippen molar-refractivity contribution in [1.82, 2.24) is 15.2 Å². The fourth-order valence-electron chi connectivity index (χ4n) is 3.51. The number of likely N-dealkylation sites (tertiary alicyclic amines) is 1. The number of carbonyl (C=O) groups excluding carboxylic acids is 1. The molecule has 1 amide bonds. The number of hydrogen-bond acceptors (Lipinski definition) is 5. The minimum atomic E-state index is -0.228. The predicted molar refractivity (Wildman–Crippen MR) is 84.5 cm³/mol. The molecule has 120 valence electrons. The average molecular weight is 321 g/mol. The Hall–Kier alpha value is -0.980. The molecule has 2 saturated heterocycles. The highest BCUT2D eigenvalue weighted by molar-refractivity contribution is 7.09. The van der Waals surface area contributed by atoms with Crippen molar-refractivity contribution < 1.29 is 9.53 Å². The number of nitrogens with zero attached hydrogens (tertiary/aromatic N) is 2. The van der Waals surface area contributed by atoms with Crippen molar-refractivity contribution >= 4 is 17.2 Å². The molecule has 1 aromatic rings. The van der Waals surface area contributed by atoms with Crippen LogP contribution in [0.3, 0.4) is 0 Å². The summed E-state index contributed by atoms with van der Waals surface area (Å²) in [6.07, 6.45) is 6.40. The Kier molecular flexibility index (Phi) is 4.15. The zero-order valence-corrected chi connectivity index (χ0v) is 13.6. The normalized spacial score (nSPS) is 31.9. The summed E-state index contributed by atoms with van der Waals surface area (Å²) in [6, 6.07) is 0. The van der Waals surface area contributed by atoms with Gasteiger partial charge in [0.1, 0.15) is 11.1 Å². The summed E-state index contributed by atoms with van der Waals surface area (Å²) in [5, 5.41) is 6.24. The molecule has 0 aromatic carbocycles. The number of rotatable bonds is 5. The van der Waals surface area contributed by atoms with Gasteiger partial charge < -0.3 is 10.1 Å². The number of nitrogens with one attached hydrogen (secondary N) is 1. The highest BCUT2D eigenvalue weighted by Crippen LogP contribution is 2.34. The van der Waals surface area contributed by atoms with E-state index in [1.807, 2.05) is 11.6 Å². The predicted octanol–water partition coefficient (Wildman–Crippen LogP) is 1.65. The summed E-state index contributed by atoms with van der Waals surface area (Å²) in [4.78, 5) is 19.0. The molecule has 3 heterocycles. The van der Waals surface area contributed by atoms with Gasteiger partial charge in [-0.25, -0.2) is 4.98 Å². The Morgan fingerprint density at radius 2 is 2.36 bits per heavy atom. The molecule has 0 spiro atoms. The van der Waals surface area contributed by atoms with Crippen molar-refractivity contribution in [1.29, 1.82) is 0 Å². The number of thiazole rings is 1. The van der Waals surface area contributed by atoms with Crippen molar-refractivity contribution in [3.63, 3.8) is 0 Å². The van der Waals surface area contributed by atoms with Gasteiger partial charge in [-0.3, -0.25) is 9.69 Å². The van der Waals surface area contributed by atoms with E-state index in [9.17, 15) is 4.79 Å². The Bertz CT molecular complexity index is 517. The molecule has 1 saturated carbocycles. The maximum absolute atomic E-state index is 12.2.